The maximum absolute atomic E-state index is 13.1. The Morgan fingerprint density at radius 1 is 1.19 bits per heavy atom. The molecule has 0 saturated carbocycles. The number of nitrogens with one attached hydrogen (secondary N) is 1. The number of ether oxygens (including phenoxy) is 1. The predicted octanol–water partition coefficient (Wildman–Crippen LogP) is 3.91. The lowest BCUT2D eigenvalue weighted by atomic mass is 10.1. The highest BCUT2D eigenvalue weighted by Crippen LogP contribution is 2.16. The number of hydrogen-bond donors (Lipinski definition) is 1. The molecule has 1 atom stereocenters. The van der Waals surface area contributed by atoms with Crippen LogP contribution in [0.2, 0.25) is 0 Å². The third-order valence-corrected chi connectivity index (χ3v) is 4.22. The number of rotatable bonds is 8. The zero-order valence-corrected chi connectivity index (χ0v) is 15.1. The van der Waals surface area contributed by atoms with Gasteiger partial charge in [-0.05, 0) is 43.2 Å². The summed E-state index contributed by atoms with van der Waals surface area (Å²) in [6.45, 7) is 3.05. The molecule has 0 saturated heterocycles. The molecule has 0 aliphatic carbocycles. The summed E-state index contributed by atoms with van der Waals surface area (Å²) in [7, 11) is 0. The van der Waals surface area contributed by atoms with E-state index in [9.17, 15) is 9.18 Å². The summed E-state index contributed by atoms with van der Waals surface area (Å²) in [5.74, 6) is -0.553. The van der Waals surface area contributed by atoms with Gasteiger partial charge in [-0.1, -0.05) is 30.3 Å². The van der Waals surface area contributed by atoms with Crippen molar-refractivity contribution in [3.8, 4) is 5.69 Å². The Balaban J connectivity index is 1.46. The molecule has 1 heterocycles. The van der Waals surface area contributed by atoms with E-state index in [1.807, 2.05) is 37.3 Å². The molecule has 1 unspecified atom stereocenters. The number of benzene rings is 2. The van der Waals surface area contributed by atoms with Gasteiger partial charge >= 0.3 is 0 Å². The molecule has 0 radical (unpaired) electrons. The van der Waals surface area contributed by atoms with Gasteiger partial charge in [0.25, 0.3) is 5.91 Å². The summed E-state index contributed by atoms with van der Waals surface area (Å²) in [6.07, 6.45) is 3.74. The zero-order valence-electron chi connectivity index (χ0n) is 15.1. The number of carbonyl (C=O) groups excluding carboxylic acids is 1. The Morgan fingerprint density at radius 2 is 1.93 bits per heavy atom. The Hall–Kier alpha value is -2.99. The zero-order chi connectivity index (χ0) is 19.1. The van der Waals surface area contributed by atoms with Crippen LogP contribution >= 0.6 is 0 Å². The lowest BCUT2D eigenvalue weighted by molar-refractivity contribution is 0.0634. The van der Waals surface area contributed by atoms with Crippen molar-refractivity contribution < 1.29 is 13.9 Å². The van der Waals surface area contributed by atoms with E-state index >= 15 is 0 Å². The van der Waals surface area contributed by atoms with Crippen molar-refractivity contribution in [2.24, 2.45) is 0 Å². The maximum Gasteiger partial charge on any atom is 0.269 e. The molecule has 0 aliphatic rings. The monoisotopic (exact) mass is 367 g/mol. The van der Waals surface area contributed by atoms with E-state index in [1.54, 1.807) is 16.7 Å². The first kappa shape index (κ1) is 18.8. The lowest BCUT2D eigenvalue weighted by Gasteiger charge is -2.13. The minimum atomic E-state index is -0.324. The highest BCUT2D eigenvalue weighted by atomic mass is 19.1. The van der Waals surface area contributed by atoms with Crippen molar-refractivity contribution in [1.82, 2.24) is 14.9 Å². The average molecular weight is 367 g/mol. The number of halogens is 1. The van der Waals surface area contributed by atoms with E-state index in [4.69, 9.17) is 4.74 Å². The summed E-state index contributed by atoms with van der Waals surface area (Å²) in [5.41, 5.74) is 2.21. The van der Waals surface area contributed by atoms with Gasteiger partial charge in [0.2, 0.25) is 0 Å². The first-order valence-corrected chi connectivity index (χ1v) is 8.88. The molecule has 0 fully saturated rings. The van der Waals surface area contributed by atoms with E-state index in [2.05, 4.69) is 10.3 Å². The molecule has 1 N–H and O–H groups in total. The lowest BCUT2D eigenvalue weighted by Crippen LogP contribution is -2.27. The highest BCUT2D eigenvalue weighted by Gasteiger charge is 2.13. The number of hydrogen-bond acceptors (Lipinski definition) is 3. The molecular formula is C21H22FN3O2. The summed E-state index contributed by atoms with van der Waals surface area (Å²) < 4.78 is 20.5. The van der Waals surface area contributed by atoms with Gasteiger partial charge in [0.1, 0.15) is 11.5 Å². The molecule has 0 bridgehead atoms. The minimum absolute atomic E-state index is 0.0156. The van der Waals surface area contributed by atoms with E-state index in [0.29, 0.717) is 31.0 Å². The minimum Gasteiger partial charge on any atom is -0.374 e. The Bertz CT molecular complexity index is 863. The fourth-order valence-corrected chi connectivity index (χ4v) is 2.72. The number of imidazole rings is 1. The van der Waals surface area contributed by atoms with Crippen LogP contribution < -0.4 is 5.32 Å². The molecule has 5 nitrogen and oxygen atoms in total. The van der Waals surface area contributed by atoms with Crippen molar-refractivity contribution in [2.75, 3.05) is 13.2 Å². The van der Waals surface area contributed by atoms with Gasteiger partial charge in [-0.25, -0.2) is 9.37 Å². The van der Waals surface area contributed by atoms with E-state index in [0.717, 1.165) is 5.56 Å². The van der Waals surface area contributed by atoms with Crippen LogP contribution in [0.4, 0.5) is 4.39 Å². The van der Waals surface area contributed by atoms with Gasteiger partial charge < -0.3 is 10.1 Å². The smallest absolute Gasteiger partial charge is 0.269 e. The fourth-order valence-electron chi connectivity index (χ4n) is 2.72. The first-order chi connectivity index (χ1) is 13.1. The summed E-state index contributed by atoms with van der Waals surface area (Å²) >= 11 is 0. The van der Waals surface area contributed by atoms with Gasteiger partial charge in [0.15, 0.2) is 0 Å². The second-order valence-corrected chi connectivity index (χ2v) is 6.16. The van der Waals surface area contributed by atoms with E-state index in [1.165, 1.54) is 24.7 Å². The van der Waals surface area contributed by atoms with Crippen molar-refractivity contribution in [2.45, 2.75) is 19.4 Å². The van der Waals surface area contributed by atoms with Crippen LogP contribution in [-0.4, -0.2) is 28.6 Å². The molecule has 0 aliphatic heterocycles. The maximum atomic E-state index is 13.1. The van der Waals surface area contributed by atoms with E-state index in [-0.39, 0.29) is 17.8 Å². The molecule has 27 heavy (non-hydrogen) atoms. The SMILES string of the molecule is CC(OCCCNC(=O)c1cncn1-c1ccc(F)cc1)c1ccccc1. The summed E-state index contributed by atoms with van der Waals surface area (Å²) in [6, 6.07) is 15.9. The Labute approximate surface area is 157 Å². The Morgan fingerprint density at radius 3 is 2.67 bits per heavy atom. The number of nitrogens with zero attached hydrogens (tertiary/aromatic N) is 2. The van der Waals surface area contributed by atoms with Crippen molar-refractivity contribution in [3.63, 3.8) is 0 Å². The molecule has 140 valence electrons. The molecule has 3 aromatic rings. The number of aromatic nitrogens is 2. The van der Waals surface area contributed by atoms with Gasteiger partial charge in [-0.15, -0.1) is 0 Å². The average Bonchev–Trinajstić information content (AvgIpc) is 3.18. The third-order valence-electron chi connectivity index (χ3n) is 4.22. The molecule has 6 heteroatoms. The largest absolute Gasteiger partial charge is 0.374 e. The quantitative estimate of drug-likeness (QED) is 0.614. The molecule has 1 aromatic heterocycles. The topological polar surface area (TPSA) is 56.1 Å². The fraction of sp³-hybridized carbons (Fsp3) is 0.238. The number of carbonyl (C=O) groups is 1. The van der Waals surface area contributed by atoms with Crippen LogP contribution in [0, 0.1) is 5.82 Å². The second kappa shape index (κ2) is 9.09. The van der Waals surface area contributed by atoms with Crippen molar-refractivity contribution >= 4 is 5.91 Å². The highest BCUT2D eigenvalue weighted by molar-refractivity contribution is 5.92. The van der Waals surface area contributed by atoms with Gasteiger partial charge in [-0.2, -0.15) is 0 Å². The normalized spacial score (nSPS) is 11.9. The molecule has 0 spiro atoms. The van der Waals surface area contributed by atoms with Crippen LogP contribution in [0.15, 0.2) is 67.1 Å². The van der Waals surface area contributed by atoms with Gasteiger partial charge in [-0.3, -0.25) is 9.36 Å². The first-order valence-electron chi connectivity index (χ1n) is 8.88. The van der Waals surface area contributed by atoms with Crippen LogP contribution in [0.3, 0.4) is 0 Å². The molecule has 2 aromatic carbocycles. The summed E-state index contributed by atoms with van der Waals surface area (Å²) in [5, 5.41) is 2.87. The van der Waals surface area contributed by atoms with Gasteiger partial charge in [0, 0.05) is 18.8 Å². The predicted molar refractivity (Wildman–Crippen MR) is 101 cm³/mol. The second-order valence-electron chi connectivity index (χ2n) is 6.16. The molecular weight excluding hydrogens is 345 g/mol. The third kappa shape index (κ3) is 5.01. The van der Waals surface area contributed by atoms with Crippen molar-refractivity contribution in [1.29, 1.82) is 0 Å². The molecule has 3 rings (SSSR count). The molecule has 1 amide bonds. The standard InChI is InChI=1S/C21H22FN3O2/c1-16(17-6-3-2-4-7-17)27-13-5-12-24-21(26)20-14-23-15-25(20)19-10-8-18(22)9-11-19/h2-4,6-11,14-16H,5,12-13H2,1H3,(H,24,26). The van der Waals surface area contributed by atoms with Crippen LogP contribution in [0.1, 0.15) is 35.5 Å². The van der Waals surface area contributed by atoms with Crippen LogP contribution in [-0.2, 0) is 4.74 Å². The summed E-state index contributed by atoms with van der Waals surface area (Å²) in [4.78, 5) is 16.4. The van der Waals surface area contributed by atoms with Crippen molar-refractivity contribution in [3.05, 3.63) is 84.2 Å². The van der Waals surface area contributed by atoms with E-state index < -0.39 is 0 Å². The number of amides is 1. The Kier molecular flexibility index (Phi) is 6.33. The van der Waals surface area contributed by atoms with Crippen LogP contribution in [0.5, 0.6) is 0 Å². The van der Waals surface area contributed by atoms with Crippen LogP contribution in [0.25, 0.3) is 5.69 Å². The van der Waals surface area contributed by atoms with Gasteiger partial charge in [0.05, 0.1) is 18.6 Å².